The SMILES string of the molecule is Cc1cccc(OCc2cc[c-]cc2)c1C.[Zn+][Br]. The Morgan fingerprint density at radius 1 is 1.11 bits per heavy atom. The predicted molar refractivity (Wildman–Crippen MR) is 74.5 cm³/mol. The number of aryl methyl sites for hydroxylation is 1. The number of hydrogen-bond acceptors (Lipinski definition) is 1. The third-order valence-electron chi connectivity index (χ3n) is 2.74. The van der Waals surface area contributed by atoms with Crippen LogP contribution in [-0.2, 0) is 22.9 Å². The molecule has 0 heterocycles. The van der Waals surface area contributed by atoms with Crippen LogP contribution >= 0.6 is 13.6 Å². The molecule has 2 aromatic rings. The molecule has 0 aliphatic heterocycles. The van der Waals surface area contributed by atoms with Gasteiger partial charge in [-0.25, -0.2) is 0 Å². The third kappa shape index (κ3) is 4.55. The fraction of sp³-hybridized carbons (Fsp3) is 0.200. The van der Waals surface area contributed by atoms with E-state index in [0.29, 0.717) is 6.61 Å². The Balaban J connectivity index is 0.000000771. The van der Waals surface area contributed by atoms with E-state index in [-0.39, 0.29) is 0 Å². The standard InChI is InChI=1S/C15H15O.BrH.Zn/c1-12-7-6-10-15(13(12)2)16-11-14-8-4-3-5-9-14;;/h4-10H,11H2,1-2H3;1H;/q-1;;+2/p-1. The van der Waals surface area contributed by atoms with E-state index in [1.165, 1.54) is 33.0 Å². The predicted octanol–water partition coefficient (Wildman–Crippen LogP) is 4.53. The van der Waals surface area contributed by atoms with Gasteiger partial charge in [0.2, 0.25) is 0 Å². The Labute approximate surface area is 126 Å². The summed E-state index contributed by atoms with van der Waals surface area (Å²) in [5.74, 6) is 0.966. The van der Waals surface area contributed by atoms with Crippen molar-refractivity contribution in [2.75, 3.05) is 0 Å². The van der Waals surface area contributed by atoms with E-state index in [9.17, 15) is 0 Å². The Morgan fingerprint density at radius 3 is 2.44 bits per heavy atom. The van der Waals surface area contributed by atoms with Gasteiger partial charge in [-0.15, -0.1) is 5.56 Å². The normalized spacial score (nSPS) is 9.39. The van der Waals surface area contributed by atoms with Crippen LogP contribution in [0.4, 0.5) is 0 Å². The zero-order valence-electron chi connectivity index (χ0n) is 10.7. The summed E-state index contributed by atoms with van der Waals surface area (Å²) in [6.07, 6.45) is 0. The minimum atomic E-state index is 0.610. The van der Waals surface area contributed by atoms with Crippen LogP contribution in [-0.4, -0.2) is 0 Å². The van der Waals surface area contributed by atoms with Crippen LogP contribution in [0.2, 0.25) is 0 Å². The van der Waals surface area contributed by atoms with Gasteiger partial charge in [0.1, 0.15) is 5.75 Å². The van der Waals surface area contributed by atoms with Crippen molar-refractivity contribution in [2.45, 2.75) is 20.5 Å². The van der Waals surface area contributed by atoms with Gasteiger partial charge >= 0.3 is 30.0 Å². The van der Waals surface area contributed by atoms with Gasteiger partial charge in [-0.2, -0.15) is 30.3 Å². The maximum absolute atomic E-state index is 5.79. The molecule has 0 saturated heterocycles. The van der Waals surface area contributed by atoms with E-state index in [2.05, 4.69) is 39.6 Å². The Kier molecular flexibility index (Phi) is 7.23. The van der Waals surface area contributed by atoms with Gasteiger partial charge in [0, 0.05) is 0 Å². The summed E-state index contributed by atoms with van der Waals surface area (Å²) in [5.41, 5.74) is 3.64. The second-order valence-corrected chi connectivity index (χ2v) is 3.89. The summed E-state index contributed by atoms with van der Waals surface area (Å²) in [6, 6.07) is 17.0. The first-order valence-electron chi connectivity index (χ1n) is 5.68. The van der Waals surface area contributed by atoms with Gasteiger partial charge in [-0.05, 0) is 31.0 Å². The van der Waals surface area contributed by atoms with E-state index in [4.69, 9.17) is 4.74 Å². The molecule has 3 heteroatoms. The number of hydrogen-bond donors (Lipinski definition) is 0. The van der Waals surface area contributed by atoms with Gasteiger partial charge in [0.05, 0.1) is 6.61 Å². The molecule has 0 N–H and O–H groups in total. The molecule has 0 bridgehead atoms. The molecule has 0 aliphatic carbocycles. The van der Waals surface area contributed by atoms with Gasteiger partial charge in [-0.3, -0.25) is 0 Å². The molecule has 0 fully saturated rings. The molecule has 0 unspecified atom stereocenters. The van der Waals surface area contributed by atoms with Gasteiger partial charge < -0.3 is 4.74 Å². The van der Waals surface area contributed by atoms with E-state index < -0.39 is 0 Å². The average molecular weight is 357 g/mol. The molecule has 18 heavy (non-hydrogen) atoms. The molecular weight excluding hydrogens is 341 g/mol. The van der Waals surface area contributed by atoms with Crippen molar-refractivity contribution in [2.24, 2.45) is 0 Å². The molecule has 0 aromatic heterocycles. The Morgan fingerprint density at radius 2 is 1.78 bits per heavy atom. The summed E-state index contributed by atoms with van der Waals surface area (Å²) in [6.45, 7) is 4.79. The number of benzene rings is 2. The second-order valence-electron chi connectivity index (χ2n) is 3.89. The first kappa shape index (κ1) is 15.4. The van der Waals surface area contributed by atoms with E-state index in [1.807, 2.05) is 36.4 Å². The Hall–Kier alpha value is -0.657. The van der Waals surface area contributed by atoms with Crippen molar-refractivity contribution >= 4 is 13.6 Å². The number of rotatable bonds is 3. The Bertz CT molecular complexity index is 471. The summed E-state index contributed by atoms with van der Waals surface area (Å²) in [5, 5.41) is 0. The number of halogens is 1. The molecule has 1 nitrogen and oxygen atoms in total. The molecule has 0 atom stereocenters. The third-order valence-corrected chi connectivity index (χ3v) is 2.74. The van der Waals surface area contributed by atoms with Crippen LogP contribution in [0.1, 0.15) is 16.7 Å². The van der Waals surface area contributed by atoms with Crippen molar-refractivity contribution in [1.29, 1.82) is 0 Å². The van der Waals surface area contributed by atoms with Gasteiger partial charge in [0.15, 0.2) is 0 Å². The van der Waals surface area contributed by atoms with Crippen molar-refractivity contribution in [3.8, 4) is 5.75 Å². The van der Waals surface area contributed by atoms with Crippen LogP contribution in [0.5, 0.6) is 5.75 Å². The summed E-state index contributed by atoms with van der Waals surface area (Å²) < 4.78 is 5.79. The fourth-order valence-electron chi connectivity index (χ4n) is 1.56. The molecular formula is C15H15BrOZn. The molecule has 0 saturated carbocycles. The van der Waals surface area contributed by atoms with E-state index in [0.717, 1.165) is 5.75 Å². The van der Waals surface area contributed by atoms with Crippen LogP contribution < -0.4 is 4.74 Å². The molecule has 2 rings (SSSR count). The van der Waals surface area contributed by atoms with Crippen LogP contribution in [0, 0.1) is 19.9 Å². The topological polar surface area (TPSA) is 9.23 Å². The van der Waals surface area contributed by atoms with E-state index in [1.54, 1.807) is 0 Å². The second kappa shape index (κ2) is 8.45. The van der Waals surface area contributed by atoms with Crippen molar-refractivity contribution in [1.82, 2.24) is 0 Å². The first-order valence-corrected chi connectivity index (χ1v) is 12.6. The van der Waals surface area contributed by atoms with Crippen LogP contribution in [0.15, 0.2) is 42.5 Å². The van der Waals surface area contributed by atoms with Gasteiger partial charge in [0.25, 0.3) is 0 Å². The minimum absolute atomic E-state index is 0.610. The van der Waals surface area contributed by atoms with Crippen LogP contribution in [0.3, 0.4) is 0 Å². The van der Waals surface area contributed by atoms with Crippen molar-refractivity contribution in [3.05, 3.63) is 65.2 Å². The van der Waals surface area contributed by atoms with Crippen LogP contribution in [0.25, 0.3) is 0 Å². The van der Waals surface area contributed by atoms with Crippen molar-refractivity contribution in [3.63, 3.8) is 0 Å². The molecule has 0 radical (unpaired) electrons. The summed E-state index contributed by atoms with van der Waals surface area (Å²) in [7, 11) is 0. The zero-order chi connectivity index (χ0) is 13.4. The molecule has 0 amide bonds. The molecule has 90 valence electrons. The molecule has 2 aromatic carbocycles. The monoisotopic (exact) mass is 354 g/mol. The van der Waals surface area contributed by atoms with Gasteiger partial charge in [-0.1, -0.05) is 12.1 Å². The summed E-state index contributed by atoms with van der Waals surface area (Å²) in [4.78, 5) is 0. The van der Waals surface area contributed by atoms with Crippen molar-refractivity contribution < 1.29 is 21.1 Å². The quantitative estimate of drug-likeness (QED) is 0.580. The van der Waals surface area contributed by atoms with E-state index >= 15 is 0 Å². The molecule has 0 spiro atoms. The fourth-order valence-corrected chi connectivity index (χ4v) is 1.56. The molecule has 0 aliphatic rings. The zero-order valence-corrected chi connectivity index (χ0v) is 15.3. The average Bonchev–Trinajstić information content (AvgIpc) is 2.44. The number of ether oxygens (including phenoxy) is 1. The maximum atomic E-state index is 5.79. The first-order chi connectivity index (χ1) is 8.77. The summed E-state index contributed by atoms with van der Waals surface area (Å²) >= 11 is 4.25.